The Hall–Kier alpha value is -2.35. The van der Waals surface area contributed by atoms with Gasteiger partial charge in [0.25, 0.3) is 5.56 Å². The average molecular weight is 405 g/mol. The van der Waals surface area contributed by atoms with E-state index in [1.54, 1.807) is 22.0 Å². The lowest BCUT2D eigenvalue weighted by molar-refractivity contribution is -0.130. The van der Waals surface area contributed by atoms with Crippen molar-refractivity contribution in [2.45, 2.75) is 46.2 Å². The molecule has 2 aromatic rings. The lowest BCUT2D eigenvalue weighted by Gasteiger charge is -2.37. The van der Waals surface area contributed by atoms with E-state index in [1.165, 1.54) is 4.57 Å². The van der Waals surface area contributed by atoms with Gasteiger partial charge in [-0.25, -0.2) is 4.79 Å². The molecule has 1 amide bonds. The number of carbonyl (C=O) groups excluding carboxylic acids is 1. The third-order valence-corrected chi connectivity index (χ3v) is 5.92. The number of thiophene rings is 1. The van der Waals surface area contributed by atoms with Crippen LogP contribution >= 0.6 is 11.3 Å². The third-order valence-electron chi connectivity index (χ3n) is 5.04. The number of anilines is 1. The normalized spacial score (nSPS) is 14.9. The van der Waals surface area contributed by atoms with Crippen LogP contribution in [0.15, 0.2) is 33.2 Å². The van der Waals surface area contributed by atoms with E-state index in [1.807, 2.05) is 55.0 Å². The molecule has 0 bridgehead atoms. The molecule has 3 heterocycles. The molecule has 1 aliphatic rings. The largest absolute Gasteiger partial charge is 0.354 e. The third kappa shape index (κ3) is 4.06. The molecule has 28 heavy (non-hydrogen) atoms. The van der Waals surface area contributed by atoms with Crippen molar-refractivity contribution in [2.75, 3.05) is 31.1 Å². The van der Waals surface area contributed by atoms with Crippen LogP contribution in [0.4, 0.5) is 5.82 Å². The van der Waals surface area contributed by atoms with Gasteiger partial charge in [0.15, 0.2) is 0 Å². The molecule has 1 fully saturated rings. The second-order valence-electron chi connectivity index (χ2n) is 7.67. The summed E-state index contributed by atoms with van der Waals surface area (Å²) in [4.78, 5) is 42.9. The van der Waals surface area contributed by atoms with Crippen molar-refractivity contribution in [2.24, 2.45) is 0 Å². The Kier molecular flexibility index (Phi) is 6.07. The zero-order valence-corrected chi connectivity index (χ0v) is 17.7. The van der Waals surface area contributed by atoms with Gasteiger partial charge in [-0.15, -0.1) is 11.3 Å². The molecule has 3 rings (SSSR count). The summed E-state index contributed by atoms with van der Waals surface area (Å²) >= 11 is 1.59. The van der Waals surface area contributed by atoms with Gasteiger partial charge in [-0.2, -0.15) is 0 Å². The first-order chi connectivity index (χ1) is 13.3. The van der Waals surface area contributed by atoms with E-state index in [0.29, 0.717) is 38.4 Å². The van der Waals surface area contributed by atoms with Crippen molar-refractivity contribution in [3.63, 3.8) is 0 Å². The zero-order valence-electron chi connectivity index (χ0n) is 16.9. The van der Waals surface area contributed by atoms with E-state index in [4.69, 9.17) is 0 Å². The average Bonchev–Trinajstić information content (AvgIpc) is 3.13. The van der Waals surface area contributed by atoms with Gasteiger partial charge in [0.1, 0.15) is 5.82 Å². The summed E-state index contributed by atoms with van der Waals surface area (Å²) in [6.07, 6.45) is 0.429. The highest BCUT2D eigenvalue weighted by atomic mass is 32.1. The summed E-state index contributed by atoms with van der Waals surface area (Å²) in [5.74, 6) is 0.769. The van der Waals surface area contributed by atoms with Crippen LogP contribution in [0, 0.1) is 0 Å². The van der Waals surface area contributed by atoms with Crippen LogP contribution in [0.25, 0.3) is 0 Å². The molecule has 2 aromatic heterocycles. The van der Waals surface area contributed by atoms with Crippen LogP contribution in [0.3, 0.4) is 0 Å². The highest BCUT2D eigenvalue weighted by Gasteiger charge is 2.25. The van der Waals surface area contributed by atoms with E-state index in [9.17, 15) is 14.4 Å². The molecule has 0 saturated carbocycles. The quantitative estimate of drug-likeness (QED) is 0.766. The fraction of sp³-hybridized carbons (Fsp3) is 0.550. The number of hydrogen-bond acceptors (Lipinski definition) is 5. The predicted octanol–water partition coefficient (Wildman–Crippen LogP) is 2.12. The first-order valence-electron chi connectivity index (χ1n) is 9.72. The number of hydrogen-bond donors (Lipinski definition) is 0. The fourth-order valence-electron chi connectivity index (χ4n) is 3.62. The number of rotatable bonds is 5. The highest BCUT2D eigenvalue weighted by Crippen LogP contribution is 2.19. The maximum absolute atomic E-state index is 12.9. The molecular formula is C20H28N4O3S. The smallest absolute Gasteiger partial charge is 0.333 e. The number of amides is 1. The fourth-order valence-corrected chi connectivity index (χ4v) is 4.32. The molecule has 0 N–H and O–H groups in total. The van der Waals surface area contributed by atoms with E-state index in [0.717, 1.165) is 4.88 Å². The Labute approximate surface area is 168 Å². The van der Waals surface area contributed by atoms with Crippen molar-refractivity contribution in [1.29, 1.82) is 0 Å². The summed E-state index contributed by atoms with van der Waals surface area (Å²) in [5, 5.41) is 1.98. The van der Waals surface area contributed by atoms with Gasteiger partial charge in [-0.05, 0) is 39.1 Å². The van der Waals surface area contributed by atoms with Gasteiger partial charge in [0, 0.05) is 49.2 Å². The number of carbonyl (C=O) groups is 1. The van der Waals surface area contributed by atoms with Crippen molar-refractivity contribution in [1.82, 2.24) is 14.0 Å². The molecule has 1 saturated heterocycles. The summed E-state index contributed by atoms with van der Waals surface area (Å²) in [6.45, 7) is 9.95. The second-order valence-corrected chi connectivity index (χ2v) is 8.71. The minimum atomic E-state index is -0.275. The lowest BCUT2D eigenvalue weighted by atomic mass is 10.2. The van der Waals surface area contributed by atoms with Crippen LogP contribution in [0.1, 0.15) is 44.7 Å². The SMILES string of the molecule is CC(C)n1c(N2CCN(C(=O)Cc3cccs3)CC2)cc(=O)n(C(C)C)c1=O. The monoisotopic (exact) mass is 404 g/mol. The number of nitrogens with zero attached hydrogens (tertiary/aromatic N) is 4. The lowest BCUT2D eigenvalue weighted by Crippen LogP contribution is -2.52. The van der Waals surface area contributed by atoms with E-state index in [2.05, 4.69) is 0 Å². The van der Waals surface area contributed by atoms with Gasteiger partial charge in [-0.1, -0.05) is 6.07 Å². The standard InChI is InChI=1S/C20H28N4O3S/c1-14(2)23-17(13-19(26)24(15(3)4)20(23)27)21-7-9-22(10-8-21)18(25)12-16-6-5-11-28-16/h5-6,11,13-15H,7-10,12H2,1-4H3. The first kappa shape index (κ1) is 20.4. The number of aromatic nitrogens is 2. The van der Waals surface area contributed by atoms with Gasteiger partial charge in [-0.3, -0.25) is 18.7 Å². The summed E-state index contributed by atoms with van der Waals surface area (Å²) in [6, 6.07) is 5.24. The molecule has 7 nitrogen and oxygen atoms in total. The molecule has 8 heteroatoms. The van der Waals surface area contributed by atoms with Crippen LogP contribution < -0.4 is 16.1 Å². The Morgan fingerprint density at radius 1 is 1.04 bits per heavy atom. The Morgan fingerprint density at radius 2 is 1.68 bits per heavy atom. The molecule has 0 atom stereocenters. The Morgan fingerprint density at radius 3 is 2.21 bits per heavy atom. The van der Waals surface area contributed by atoms with E-state index in [-0.39, 0.29) is 29.2 Å². The number of piperazine rings is 1. The van der Waals surface area contributed by atoms with Crippen LogP contribution in [-0.4, -0.2) is 46.1 Å². The molecule has 0 unspecified atom stereocenters. The van der Waals surface area contributed by atoms with Crippen molar-refractivity contribution in [3.05, 3.63) is 49.3 Å². The van der Waals surface area contributed by atoms with Crippen LogP contribution in [-0.2, 0) is 11.2 Å². The van der Waals surface area contributed by atoms with E-state index < -0.39 is 0 Å². The Bertz CT molecular complexity index is 935. The summed E-state index contributed by atoms with van der Waals surface area (Å²) in [5.41, 5.74) is -0.549. The predicted molar refractivity (Wildman–Crippen MR) is 113 cm³/mol. The van der Waals surface area contributed by atoms with Gasteiger partial charge in [0.2, 0.25) is 5.91 Å². The van der Waals surface area contributed by atoms with Gasteiger partial charge in [0.05, 0.1) is 6.42 Å². The van der Waals surface area contributed by atoms with Crippen LogP contribution in [0.5, 0.6) is 0 Å². The maximum atomic E-state index is 12.9. The van der Waals surface area contributed by atoms with Gasteiger partial charge >= 0.3 is 5.69 Å². The van der Waals surface area contributed by atoms with Crippen LogP contribution in [0.2, 0.25) is 0 Å². The molecule has 0 spiro atoms. The highest BCUT2D eigenvalue weighted by molar-refractivity contribution is 7.10. The summed E-state index contributed by atoms with van der Waals surface area (Å²) < 4.78 is 2.98. The topological polar surface area (TPSA) is 67.5 Å². The first-order valence-corrected chi connectivity index (χ1v) is 10.6. The molecule has 0 aromatic carbocycles. The Balaban J connectivity index is 1.79. The summed E-state index contributed by atoms with van der Waals surface area (Å²) in [7, 11) is 0. The van der Waals surface area contributed by atoms with Crippen molar-refractivity contribution < 1.29 is 4.79 Å². The van der Waals surface area contributed by atoms with E-state index >= 15 is 0 Å². The molecule has 1 aliphatic heterocycles. The minimum Gasteiger partial charge on any atom is -0.354 e. The second kappa shape index (κ2) is 8.34. The maximum Gasteiger partial charge on any atom is 0.333 e. The van der Waals surface area contributed by atoms with Gasteiger partial charge < -0.3 is 9.80 Å². The van der Waals surface area contributed by atoms with Crippen molar-refractivity contribution >= 4 is 23.1 Å². The van der Waals surface area contributed by atoms with Crippen molar-refractivity contribution in [3.8, 4) is 0 Å². The zero-order chi connectivity index (χ0) is 20.4. The minimum absolute atomic E-state index is 0.0633. The molecular weight excluding hydrogens is 376 g/mol. The molecule has 0 radical (unpaired) electrons. The molecule has 152 valence electrons. The molecule has 0 aliphatic carbocycles.